The number of H-pyrrole nitrogens is 1. The Balaban J connectivity index is 1.95. The lowest BCUT2D eigenvalue weighted by molar-refractivity contribution is 0.101. The number of nitrogens with zero attached hydrogens (tertiary/aromatic N) is 1. The summed E-state index contributed by atoms with van der Waals surface area (Å²) in [5, 5.41) is 12.0. The number of aromatic hydroxyl groups is 1. The summed E-state index contributed by atoms with van der Waals surface area (Å²) in [5.74, 6) is -0.736. The van der Waals surface area contributed by atoms with Gasteiger partial charge in [-0.15, -0.1) is 0 Å². The van der Waals surface area contributed by atoms with E-state index in [0.29, 0.717) is 36.9 Å². The lowest BCUT2D eigenvalue weighted by Crippen LogP contribution is -2.01. The van der Waals surface area contributed by atoms with Crippen molar-refractivity contribution in [2.45, 2.75) is 0 Å². The fourth-order valence-electron chi connectivity index (χ4n) is 2.91. The highest BCUT2D eigenvalue weighted by atomic mass is 35.5. The van der Waals surface area contributed by atoms with Crippen LogP contribution in [0.3, 0.4) is 0 Å². The molecule has 2 heterocycles. The largest absolute Gasteiger partial charge is 0.494 e. The molecule has 4 rings (SSSR count). The van der Waals surface area contributed by atoms with Crippen molar-refractivity contribution in [2.75, 3.05) is 0 Å². The van der Waals surface area contributed by atoms with Crippen LogP contribution in [0.5, 0.6) is 5.88 Å². The molecule has 0 spiro atoms. The van der Waals surface area contributed by atoms with E-state index >= 15 is 0 Å². The summed E-state index contributed by atoms with van der Waals surface area (Å²) in [6.07, 6.45) is 0. The molecule has 3 aromatic rings. The molecule has 0 atom stereocenters. The molecular weight excluding hydrogens is 418 g/mol. The van der Waals surface area contributed by atoms with Crippen molar-refractivity contribution >= 4 is 58.0 Å². The number of aliphatic imine (C=N–C) groups is 1. The minimum Gasteiger partial charge on any atom is -0.494 e. The number of carbonyl (C=O) groups excluding carboxylic acids is 1. The van der Waals surface area contributed by atoms with Gasteiger partial charge in [0.15, 0.2) is 5.88 Å². The zero-order valence-electron chi connectivity index (χ0n) is 12.8. The van der Waals surface area contributed by atoms with Crippen LogP contribution in [0.2, 0.25) is 20.1 Å². The van der Waals surface area contributed by atoms with E-state index in [4.69, 9.17) is 46.4 Å². The van der Waals surface area contributed by atoms with Crippen LogP contribution in [0.25, 0.3) is 11.3 Å². The SMILES string of the molecule is O=C1N=C(c2cc(Cl)ccc2Cl)c2c(O)[nH]c(-c3cc(Cl)ccc3Cl)c21. The highest BCUT2D eigenvalue weighted by molar-refractivity contribution is 6.40. The Morgan fingerprint density at radius 1 is 0.846 bits per heavy atom. The first-order chi connectivity index (χ1) is 12.4. The van der Waals surface area contributed by atoms with Gasteiger partial charge in [-0.05, 0) is 36.4 Å². The average Bonchev–Trinajstić information content (AvgIpc) is 3.11. The number of aromatic amines is 1. The summed E-state index contributed by atoms with van der Waals surface area (Å²) in [4.78, 5) is 19.4. The summed E-state index contributed by atoms with van der Waals surface area (Å²) in [6, 6.07) is 9.66. The first-order valence-electron chi connectivity index (χ1n) is 7.36. The van der Waals surface area contributed by atoms with Crippen molar-refractivity contribution in [1.29, 1.82) is 0 Å². The predicted molar refractivity (Wildman–Crippen MR) is 104 cm³/mol. The molecular formula is C18H8Cl4N2O2. The van der Waals surface area contributed by atoms with Crippen molar-refractivity contribution < 1.29 is 9.90 Å². The summed E-state index contributed by atoms with van der Waals surface area (Å²) < 4.78 is 0. The summed E-state index contributed by atoms with van der Waals surface area (Å²) >= 11 is 24.6. The Morgan fingerprint density at radius 2 is 1.42 bits per heavy atom. The van der Waals surface area contributed by atoms with Gasteiger partial charge in [-0.3, -0.25) is 4.79 Å². The second-order valence-corrected chi connectivity index (χ2v) is 7.30. The Labute approximate surface area is 168 Å². The van der Waals surface area contributed by atoms with Crippen LogP contribution in [-0.4, -0.2) is 21.7 Å². The molecule has 4 nitrogen and oxygen atoms in total. The summed E-state index contributed by atoms with van der Waals surface area (Å²) in [6.45, 7) is 0. The Hall–Kier alpha value is -1.98. The topological polar surface area (TPSA) is 65.4 Å². The van der Waals surface area contributed by atoms with Crippen molar-refractivity contribution in [1.82, 2.24) is 4.98 Å². The number of hydrogen-bond acceptors (Lipinski definition) is 2. The molecule has 26 heavy (non-hydrogen) atoms. The lowest BCUT2D eigenvalue weighted by Gasteiger charge is -2.05. The van der Waals surface area contributed by atoms with Crippen LogP contribution in [0.15, 0.2) is 41.4 Å². The van der Waals surface area contributed by atoms with E-state index in [1.54, 1.807) is 36.4 Å². The lowest BCUT2D eigenvalue weighted by atomic mass is 10.00. The fraction of sp³-hybridized carbons (Fsp3) is 0. The number of hydrogen-bond donors (Lipinski definition) is 2. The van der Waals surface area contributed by atoms with E-state index in [1.807, 2.05) is 0 Å². The van der Waals surface area contributed by atoms with E-state index < -0.39 is 5.91 Å². The van der Waals surface area contributed by atoms with Crippen LogP contribution in [0.1, 0.15) is 21.5 Å². The first-order valence-corrected chi connectivity index (χ1v) is 8.87. The molecule has 8 heteroatoms. The van der Waals surface area contributed by atoms with Gasteiger partial charge >= 0.3 is 0 Å². The normalized spacial score (nSPS) is 13.1. The van der Waals surface area contributed by atoms with Crippen LogP contribution < -0.4 is 0 Å². The predicted octanol–water partition coefficient (Wildman–Crippen LogP) is 5.99. The zero-order valence-corrected chi connectivity index (χ0v) is 15.8. The molecule has 130 valence electrons. The smallest absolute Gasteiger partial charge is 0.280 e. The number of amides is 1. The number of aromatic nitrogens is 1. The van der Waals surface area contributed by atoms with Crippen molar-refractivity contribution in [3.8, 4) is 17.1 Å². The first kappa shape index (κ1) is 17.4. The molecule has 1 amide bonds. The van der Waals surface area contributed by atoms with E-state index in [9.17, 15) is 9.90 Å². The van der Waals surface area contributed by atoms with Gasteiger partial charge in [0.05, 0.1) is 32.6 Å². The second kappa shape index (κ2) is 6.32. The minimum absolute atomic E-state index is 0.206. The van der Waals surface area contributed by atoms with E-state index in [-0.39, 0.29) is 22.7 Å². The molecule has 2 aromatic carbocycles. The van der Waals surface area contributed by atoms with Gasteiger partial charge in [0.2, 0.25) is 0 Å². The Kier molecular flexibility index (Phi) is 4.24. The van der Waals surface area contributed by atoms with Gasteiger partial charge in [0.25, 0.3) is 5.91 Å². The molecule has 0 aliphatic carbocycles. The van der Waals surface area contributed by atoms with Crippen LogP contribution in [0, 0.1) is 0 Å². The molecule has 1 aliphatic rings. The van der Waals surface area contributed by atoms with Crippen LogP contribution >= 0.6 is 46.4 Å². The van der Waals surface area contributed by atoms with Crippen molar-refractivity contribution in [2.24, 2.45) is 4.99 Å². The van der Waals surface area contributed by atoms with E-state index in [1.165, 1.54) is 0 Å². The minimum atomic E-state index is -0.520. The standard InChI is InChI=1S/C18H8Cl4N2O2/c19-7-1-3-11(21)9(5-7)15-13-14(18(26)23-15)16(24-17(13)25)10-6-8(20)2-4-12(10)22/h1-6,23,26H. The van der Waals surface area contributed by atoms with Gasteiger partial charge in [-0.25, -0.2) is 4.99 Å². The summed E-state index contributed by atoms with van der Waals surface area (Å²) in [7, 11) is 0. The average molecular weight is 426 g/mol. The van der Waals surface area contributed by atoms with Gasteiger partial charge < -0.3 is 10.1 Å². The third-order valence-electron chi connectivity index (χ3n) is 4.03. The van der Waals surface area contributed by atoms with Gasteiger partial charge in [-0.1, -0.05) is 46.4 Å². The third-order valence-corrected chi connectivity index (χ3v) is 5.15. The van der Waals surface area contributed by atoms with Gasteiger partial charge in [-0.2, -0.15) is 0 Å². The number of carbonyl (C=O) groups is 1. The second-order valence-electron chi connectivity index (χ2n) is 5.61. The highest BCUT2D eigenvalue weighted by Crippen LogP contribution is 2.41. The highest BCUT2D eigenvalue weighted by Gasteiger charge is 2.34. The van der Waals surface area contributed by atoms with Crippen molar-refractivity contribution in [3.63, 3.8) is 0 Å². The molecule has 1 aromatic heterocycles. The molecule has 0 bridgehead atoms. The number of halogens is 4. The molecule has 0 saturated carbocycles. The maximum atomic E-state index is 12.6. The monoisotopic (exact) mass is 424 g/mol. The van der Waals surface area contributed by atoms with E-state index in [0.717, 1.165) is 0 Å². The van der Waals surface area contributed by atoms with Crippen LogP contribution in [0.4, 0.5) is 0 Å². The quantitative estimate of drug-likeness (QED) is 0.529. The maximum Gasteiger partial charge on any atom is 0.280 e. The Bertz CT molecular complexity index is 1120. The fourth-order valence-corrected chi connectivity index (χ4v) is 3.67. The molecule has 0 saturated heterocycles. The molecule has 2 N–H and O–H groups in total. The van der Waals surface area contributed by atoms with Gasteiger partial charge in [0, 0.05) is 21.2 Å². The molecule has 1 aliphatic heterocycles. The Morgan fingerprint density at radius 3 is 2.08 bits per heavy atom. The molecule has 0 fully saturated rings. The molecule has 0 radical (unpaired) electrons. The number of fused-ring (bicyclic) bond motifs is 1. The zero-order chi connectivity index (χ0) is 18.6. The van der Waals surface area contributed by atoms with Crippen LogP contribution in [-0.2, 0) is 0 Å². The number of rotatable bonds is 2. The number of benzene rings is 2. The number of nitrogens with one attached hydrogen (secondary N) is 1. The third kappa shape index (κ3) is 2.70. The van der Waals surface area contributed by atoms with Crippen molar-refractivity contribution in [3.05, 3.63) is 73.2 Å². The van der Waals surface area contributed by atoms with Gasteiger partial charge in [0.1, 0.15) is 0 Å². The van der Waals surface area contributed by atoms with E-state index in [2.05, 4.69) is 9.98 Å². The maximum absolute atomic E-state index is 12.6. The molecule has 0 unspecified atom stereocenters. The summed E-state index contributed by atoms with van der Waals surface area (Å²) in [5.41, 5.74) is 1.98.